The number of anilines is 2. The van der Waals surface area contributed by atoms with E-state index in [9.17, 15) is 4.79 Å². The molecule has 1 aromatic carbocycles. The van der Waals surface area contributed by atoms with Gasteiger partial charge in [0.15, 0.2) is 11.5 Å². The molecule has 9 heteroatoms. The van der Waals surface area contributed by atoms with Crippen LogP contribution in [0.15, 0.2) is 24.5 Å². The minimum atomic E-state index is -0.170. The van der Waals surface area contributed by atoms with Crippen molar-refractivity contribution in [2.45, 2.75) is 20.3 Å². The number of piperazine rings is 1. The van der Waals surface area contributed by atoms with E-state index in [0.717, 1.165) is 54.3 Å². The quantitative estimate of drug-likeness (QED) is 0.580. The van der Waals surface area contributed by atoms with Crippen molar-refractivity contribution >= 4 is 39.0 Å². The number of ether oxygens (including phenoxy) is 2. The first-order valence-electron chi connectivity index (χ1n) is 10.8. The molecule has 32 heavy (non-hydrogen) atoms. The standard InChI is InChI=1S/C23H29N5O3S/c1-5-8-27-9-11-28(12-10-27)21-19-15(2)20(32-23(19)25-14-24-21)22(29)26-16-6-7-17(30-3)18(13-16)31-4/h6-7,13-14H,5,8-12H2,1-4H3,(H,26,29). The second kappa shape index (κ2) is 9.70. The van der Waals surface area contributed by atoms with E-state index in [1.165, 1.54) is 17.8 Å². The Morgan fingerprint density at radius 1 is 1.12 bits per heavy atom. The van der Waals surface area contributed by atoms with Crippen LogP contribution in [0.4, 0.5) is 11.5 Å². The SMILES string of the molecule is CCCN1CCN(c2ncnc3sc(C(=O)Nc4ccc(OC)c(OC)c4)c(C)c23)CC1. The zero-order valence-corrected chi connectivity index (χ0v) is 19.8. The number of nitrogens with zero attached hydrogens (tertiary/aromatic N) is 4. The van der Waals surface area contributed by atoms with Crippen LogP contribution in [0.3, 0.4) is 0 Å². The summed E-state index contributed by atoms with van der Waals surface area (Å²) < 4.78 is 10.6. The van der Waals surface area contributed by atoms with E-state index in [0.29, 0.717) is 22.1 Å². The molecule has 8 nitrogen and oxygen atoms in total. The number of hydrogen-bond acceptors (Lipinski definition) is 8. The average Bonchev–Trinajstić information content (AvgIpc) is 3.16. The number of rotatable bonds is 7. The lowest BCUT2D eigenvalue weighted by molar-refractivity contribution is 0.103. The minimum absolute atomic E-state index is 0.170. The zero-order valence-electron chi connectivity index (χ0n) is 19.0. The maximum absolute atomic E-state index is 13.1. The normalized spacial score (nSPS) is 14.6. The van der Waals surface area contributed by atoms with E-state index in [2.05, 4.69) is 32.0 Å². The van der Waals surface area contributed by atoms with Crippen LogP contribution in [0, 0.1) is 6.92 Å². The number of amides is 1. The predicted molar refractivity (Wildman–Crippen MR) is 129 cm³/mol. The summed E-state index contributed by atoms with van der Waals surface area (Å²) in [5, 5.41) is 3.94. The molecule has 0 atom stereocenters. The predicted octanol–water partition coefficient (Wildman–Crippen LogP) is 3.80. The molecule has 1 saturated heterocycles. The topological polar surface area (TPSA) is 79.8 Å². The summed E-state index contributed by atoms with van der Waals surface area (Å²) in [5.41, 5.74) is 1.55. The van der Waals surface area contributed by atoms with Crippen molar-refractivity contribution in [3.63, 3.8) is 0 Å². The summed E-state index contributed by atoms with van der Waals surface area (Å²) in [6.45, 7) is 9.21. The minimum Gasteiger partial charge on any atom is -0.493 e. The van der Waals surface area contributed by atoms with E-state index in [1.54, 1.807) is 38.7 Å². The van der Waals surface area contributed by atoms with Crippen LogP contribution in [-0.4, -0.2) is 67.7 Å². The molecule has 1 aliphatic heterocycles. The third kappa shape index (κ3) is 4.35. The Bertz CT molecular complexity index is 1110. The van der Waals surface area contributed by atoms with Gasteiger partial charge in [0.25, 0.3) is 5.91 Å². The fourth-order valence-corrected chi connectivity index (χ4v) is 5.15. The molecular formula is C23H29N5O3S. The molecule has 2 aromatic heterocycles. The van der Waals surface area contributed by atoms with Gasteiger partial charge in [-0.05, 0) is 37.6 Å². The number of hydrogen-bond donors (Lipinski definition) is 1. The van der Waals surface area contributed by atoms with Crippen molar-refractivity contribution in [1.82, 2.24) is 14.9 Å². The second-order valence-electron chi connectivity index (χ2n) is 7.79. The third-order valence-electron chi connectivity index (χ3n) is 5.77. The highest BCUT2D eigenvalue weighted by Crippen LogP contribution is 2.36. The van der Waals surface area contributed by atoms with E-state index in [-0.39, 0.29) is 5.91 Å². The van der Waals surface area contributed by atoms with Crippen LogP contribution >= 0.6 is 11.3 Å². The summed E-state index contributed by atoms with van der Waals surface area (Å²) in [6, 6.07) is 5.32. The number of fused-ring (bicyclic) bond motifs is 1. The highest BCUT2D eigenvalue weighted by molar-refractivity contribution is 7.20. The number of carbonyl (C=O) groups excluding carboxylic acids is 1. The number of carbonyl (C=O) groups is 1. The molecule has 4 rings (SSSR count). The maximum atomic E-state index is 13.1. The van der Waals surface area contributed by atoms with Gasteiger partial charge in [0.1, 0.15) is 17.0 Å². The number of methoxy groups -OCH3 is 2. The van der Waals surface area contributed by atoms with Crippen molar-refractivity contribution in [1.29, 1.82) is 0 Å². The monoisotopic (exact) mass is 455 g/mol. The smallest absolute Gasteiger partial charge is 0.266 e. The highest BCUT2D eigenvalue weighted by atomic mass is 32.1. The maximum Gasteiger partial charge on any atom is 0.266 e. The van der Waals surface area contributed by atoms with E-state index >= 15 is 0 Å². The molecule has 1 N–H and O–H groups in total. The van der Waals surface area contributed by atoms with Crippen molar-refractivity contribution < 1.29 is 14.3 Å². The molecule has 1 aliphatic rings. The van der Waals surface area contributed by atoms with E-state index in [1.807, 2.05) is 6.92 Å². The summed E-state index contributed by atoms with van der Waals surface area (Å²) in [5.74, 6) is 1.93. The third-order valence-corrected chi connectivity index (χ3v) is 6.96. The van der Waals surface area contributed by atoms with Gasteiger partial charge in [-0.2, -0.15) is 0 Å². The van der Waals surface area contributed by atoms with Crippen LogP contribution in [-0.2, 0) is 0 Å². The van der Waals surface area contributed by atoms with E-state index in [4.69, 9.17) is 9.47 Å². The number of aryl methyl sites for hydroxylation is 1. The Labute approximate surface area is 192 Å². The lowest BCUT2D eigenvalue weighted by atomic mass is 10.1. The van der Waals surface area contributed by atoms with Gasteiger partial charge in [0.05, 0.1) is 24.5 Å². The van der Waals surface area contributed by atoms with Crippen molar-refractivity contribution in [2.24, 2.45) is 0 Å². The number of aromatic nitrogens is 2. The van der Waals surface area contributed by atoms with Crippen molar-refractivity contribution in [3.8, 4) is 11.5 Å². The number of benzene rings is 1. The first kappa shape index (κ1) is 22.3. The average molecular weight is 456 g/mol. The molecule has 1 fully saturated rings. The van der Waals surface area contributed by atoms with Gasteiger partial charge < -0.3 is 19.7 Å². The number of thiophene rings is 1. The Balaban J connectivity index is 1.59. The molecule has 0 bridgehead atoms. The Morgan fingerprint density at radius 3 is 2.56 bits per heavy atom. The highest BCUT2D eigenvalue weighted by Gasteiger charge is 2.24. The lowest BCUT2D eigenvalue weighted by Crippen LogP contribution is -2.46. The Morgan fingerprint density at radius 2 is 1.88 bits per heavy atom. The molecule has 0 unspecified atom stereocenters. The molecule has 0 saturated carbocycles. The van der Waals surface area contributed by atoms with Crippen LogP contribution in [0.25, 0.3) is 10.2 Å². The van der Waals surface area contributed by atoms with Gasteiger partial charge >= 0.3 is 0 Å². The Kier molecular flexibility index (Phi) is 6.76. The Hall–Kier alpha value is -2.91. The second-order valence-corrected chi connectivity index (χ2v) is 8.79. The molecular weight excluding hydrogens is 426 g/mol. The van der Waals surface area contributed by atoms with Crippen LogP contribution in [0.1, 0.15) is 28.6 Å². The molecule has 3 heterocycles. The van der Waals surface area contributed by atoms with Crippen LogP contribution in [0.2, 0.25) is 0 Å². The summed E-state index contributed by atoms with van der Waals surface area (Å²) in [4.78, 5) is 28.4. The zero-order chi connectivity index (χ0) is 22.7. The first-order chi connectivity index (χ1) is 15.5. The van der Waals surface area contributed by atoms with Gasteiger partial charge in [-0.3, -0.25) is 9.69 Å². The van der Waals surface area contributed by atoms with Gasteiger partial charge in [0, 0.05) is 37.9 Å². The largest absolute Gasteiger partial charge is 0.493 e. The molecule has 0 spiro atoms. The van der Waals surface area contributed by atoms with Gasteiger partial charge in [-0.25, -0.2) is 9.97 Å². The van der Waals surface area contributed by atoms with Crippen LogP contribution in [0.5, 0.6) is 11.5 Å². The van der Waals surface area contributed by atoms with Crippen molar-refractivity contribution in [3.05, 3.63) is 35.0 Å². The van der Waals surface area contributed by atoms with Gasteiger partial charge in [0.2, 0.25) is 0 Å². The molecule has 0 radical (unpaired) electrons. The lowest BCUT2D eigenvalue weighted by Gasteiger charge is -2.35. The molecule has 170 valence electrons. The number of nitrogens with one attached hydrogen (secondary N) is 1. The molecule has 1 amide bonds. The summed E-state index contributed by atoms with van der Waals surface area (Å²) >= 11 is 1.40. The van der Waals surface area contributed by atoms with Gasteiger partial charge in [-0.15, -0.1) is 11.3 Å². The fourth-order valence-electron chi connectivity index (χ4n) is 4.11. The summed E-state index contributed by atoms with van der Waals surface area (Å²) in [7, 11) is 3.15. The van der Waals surface area contributed by atoms with E-state index < -0.39 is 0 Å². The first-order valence-corrected chi connectivity index (χ1v) is 11.6. The molecule has 0 aliphatic carbocycles. The van der Waals surface area contributed by atoms with Crippen molar-refractivity contribution in [2.75, 3.05) is 57.2 Å². The molecule has 3 aromatic rings. The summed E-state index contributed by atoms with van der Waals surface area (Å²) in [6.07, 6.45) is 2.77. The fraction of sp³-hybridized carbons (Fsp3) is 0.435. The van der Waals surface area contributed by atoms with Gasteiger partial charge in [-0.1, -0.05) is 6.92 Å². The van der Waals surface area contributed by atoms with Crippen LogP contribution < -0.4 is 19.7 Å².